The van der Waals surface area contributed by atoms with Gasteiger partial charge in [0, 0.05) is 12.1 Å². The Labute approximate surface area is 110 Å². The van der Waals surface area contributed by atoms with Crippen molar-refractivity contribution in [2.45, 2.75) is 58.2 Å². The fourth-order valence-corrected chi connectivity index (χ4v) is 2.71. The first kappa shape index (κ1) is 13.6. The van der Waals surface area contributed by atoms with Crippen molar-refractivity contribution >= 4 is 0 Å². The van der Waals surface area contributed by atoms with Crippen molar-refractivity contribution in [3.8, 4) is 0 Å². The highest BCUT2D eigenvalue weighted by Gasteiger charge is 2.36. The van der Waals surface area contributed by atoms with Crippen molar-refractivity contribution in [1.29, 1.82) is 0 Å². The smallest absolute Gasteiger partial charge is 0.122 e. The number of rotatable bonds is 6. The van der Waals surface area contributed by atoms with E-state index >= 15 is 0 Å². The van der Waals surface area contributed by atoms with E-state index in [1.165, 1.54) is 12.8 Å². The minimum Gasteiger partial charge on any atom is -0.465 e. The fourth-order valence-electron chi connectivity index (χ4n) is 2.71. The molecule has 3 heteroatoms. The van der Waals surface area contributed by atoms with E-state index in [4.69, 9.17) is 10.2 Å². The van der Waals surface area contributed by atoms with Gasteiger partial charge in [-0.1, -0.05) is 6.92 Å². The third kappa shape index (κ3) is 2.78. The van der Waals surface area contributed by atoms with Crippen LogP contribution in [0.4, 0.5) is 0 Å². The van der Waals surface area contributed by atoms with Gasteiger partial charge in [-0.25, -0.2) is 0 Å². The zero-order valence-electron chi connectivity index (χ0n) is 12.0. The first-order chi connectivity index (χ1) is 8.54. The normalized spacial score (nSPS) is 21.0. The Bertz CT molecular complexity index is 384. The second kappa shape index (κ2) is 5.45. The molecule has 1 aromatic heterocycles. The molecule has 2 rings (SSSR count). The van der Waals surface area contributed by atoms with Crippen LogP contribution in [0.25, 0.3) is 0 Å². The number of likely N-dealkylation sites (N-methyl/N-ethyl adjacent to an activating group) is 1. The van der Waals surface area contributed by atoms with Crippen molar-refractivity contribution in [3.63, 3.8) is 0 Å². The molecule has 3 nitrogen and oxygen atoms in total. The molecule has 18 heavy (non-hydrogen) atoms. The topological polar surface area (TPSA) is 42.4 Å². The first-order valence-electron chi connectivity index (χ1n) is 7.08. The van der Waals surface area contributed by atoms with E-state index in [1.807, 2.05) is 13.0 Å². The minimum atomic E-state index is 0.127. The van der Waals surface area contributed by atoms with Crippen molar-refractivity contribution in [3.05, 3.63) is 23.7 Å². The van der Waals surface area contributed by atoms with Gasteiger partial charge in [-0.2, -0.15) is 0 Å². The second-order valence-corrected chi connectivity index (χ2v) is 5.71. The predicted octanol–water partition coefficient (Wildman–Crippen LogP) is 3.10. The van der Waals surface area contributed by atoms with Gasteiger partial charge < -0.3 is 10.2 Å². The summed E-state index contributed by atoms with van der Waals surface area (Å²) < 4.78 is 5.82. The Kier molecular flexibility index (Phi) is 4.13. The lowest BCUT2D eigenvalue weighted by Gasteiger charge is -2.35. The van der Waals surface area contributed by atoms with E-state index < -0.39 is 0 Å². The number of furan rings is 1. The molecule has 0 saturated heterocycles. The summed E-state index contributed by atoms with van der Waals surface area (Å²) in [6.07, 6.45) is 3.68. The molecule has 0 aromatic carbocycles. The monoisotopic (exact) mass is 250 g/mol. The van der Waals surface area contributed by atoms with Crippen LogP contribution in [0.5, 0.6) is 0 Å². The molecule has 2 N–H and O–H groups in total. The van der Waals surface area contributed by atoms with Crippen molar-refractivity contribution in [2.75, 3.05) is 7.05 Å². The zero-order chi connectivity index (χ0) is 13.3. The Balaban J connectivity index is 2.18. The number of nitrogens with zero attached hydrogens (tertiary/aromatic N) is 1. The number of hydrogen-bond acceptors (Lipinski definition) is 3. The maximum Gasteiger partial charge on any atom is 0.122 e. The highest BCUT2D eigenvalue weighted by Crippen LogP contribution is 2.38. The molecule has 3 unspecified atom stereocenters. The molecule has 0 amide bonds. The van der Waals surface area contributed by atoms with Crippen LogP contribution in [0, 0.1) is 12.8 Å². The molecule has 3 atom stereocenters. The largest absolute Gasteiger partial charge is 0.465 e. The molecule has 1 aliphatic rings. The maximum atomic E-state index is 6.32. The van der Waals surface area contributed by atoms with Crippen LogP contribution < -0.4 is 5.73 Å². The average Bonchev–Trinajstić information content (AvgIpc) is 3.12. The van der Waals surface area contributed by atoms with Gasteiger partial charge in [0.1, 0.15) is 11.5 Å². The molecule has 1 aliphatic carbocycles. The Morgan fingerprint density at radius 3 is 2.56 bits per heavy atom. The lowest BCUT2D eigenvalue weighted by Crippen LogP contribution is -2.43. The molecular formula is C15H26N2O. The van der Waals surface area contributed by atoms with Gasteiger partial charge in [0.25, 0.3) is 0 Å². The third-order valence-electron chi connectivity index (χ3n) is 4.32. The maximum absolute atomic E-state index is 6.32. The molecule has 0 aliphatic heterocycles. The quantitative estimate of drug-likeness (QED) is 0.843. The van der Waals surface area contributed by atoms with Crippen LogP contribution in [-0.2, 0) is 0 Å². The molecule has 1 saturated carbocycles. The van der Waals surface area contributed by atoms with Crippen molar-refractivity contribution < 1.29 is 4.42 Å². The fraction of sp³-hybridized carbons (Fsp3) is 0.733. The second-order valence-electron chi connectivity index (χ2n) is 5.71. The summed E-state index contributed by atoms with van der Waals surface area (Å²) >= 11 is 0. The lowest BCUT2D eigenvalue weighted by atomic mass is 10.00. The van der Waals surface area contributed by atoms with Crippen molar-refractivity contribution in [1.82, 2.24) is 4.90 Å². The molecule has 1 aromatic rings. The van der Waals surface area contributed by atoms with Crippen LogP contribution in [0.3, 0.4) is 0 Å². The highest BCUT2D eigenvalue weighted by atomic mass is 16.3. The van der Waals surface area contributed by atoms with Gasteiger partial charge in [0.15, 0.2) is 0 Å². The minimum absolute atomic E-state index is 0.127. The molecule has 0 bridgehead atoms. The Morgan fingerprint density at radius 1 is 1.44 bits per heavy atom. The number of nitrogens with two attached hydrogens (primary N) is 1. The summed E-state index contributed by atoms with van der Waals surface area (Å²) in [5.74, 6) is 2.82. The molecule has 102 valence electrons. The van der Waals surface area contributed by atoms with Crippen LogP contribution in [0.2, 0.25) is 0 Å². The summed E-state index contributed by atoms with van der Waals surface area (Å²) in [5, 5.41) is 0. The molecule has 0 radical (unpaired) electrons. The summed E-state index contributed by atoms with van der Waals surface area (Å²) in [6, 6.07) is 5.01. The zero-order valence-corrected chi connectivity index (χ0v) is 12.0. The molecular weight excluding hydrogens is 224 g/mol. The van der Waals surface area contributed by atoms with Crippen LogP contribution >= 0.6 is 0 Å². The van der Waals surface area contributed by atoms with Crippen LogP contribution in [0.1, 0.15) is 50.7 Å². The third-order valence-corrected chi connectivity index (χ3v) is 4.32. The van der Waals surface area contributed by atoms with Gasteiger partial charge in [0.2, 0.25) is 0 Å². The first-order valence-corrected chi connectivity index (χ1v) is 7.08. The van der Waals surface area contributed by atoms with Gasteiger partial charge >= 0.3 is 0 Å². The molecule has 1 fully saturated rings. The van der Waals surface area contributed by atoms with E-state index in [9.17, 15) is 0 Å². The van der Waals surface area contributed by atoms with Crippen LogP contribution in [0.15, 0.2) is 16.5 Å². The number of aryl methyl sites for hydroxylation is 1. The predicted molar refractivity (Wildman–Crippen MR) is 74.4 cm³/mol. The standard InChI is InChI=1S/C15H26N2O/c1-5-13(16)15(14-9-6-10(2)18-14)17(4)11(3)12-7-8-12/h6,9,11-13,15H,5,7-8,16H2,1-4H3. The summed E-state index contributed by atoms with van der Waals surface area (Å²) in [7, 11) is 2.18. The van der Waals surface area contributed by atoms with E-state index in [2.05, 4.69) is 31.9 Å². The van der Waals surface area contributed by atoms with Gasteiger partial charge in [-0.3, -0.25) is 4.90 Å². The molecule has 0 spiro atoms. The lowest BCUT2D eigenvalue weighted by molar-refractivity contribution is 0.125. The van der Waals surface area contributed by atoms with Gasteiger partial charge in [-0.05, 0) is 58.2 Å². The summed E-state index contributed by atoms with van der Waals surface area (Å²) in [5.41, 5.74) is 6.32. The summed E-state index contributed by atoms with van der Waals surface area (Å²) in [4.78, 5) is 2.41. The molecule has 1 heterocycles. The van der Waals surface area contributed by atoms with E-state index in [-0.39, 0.29) is 12.1 Å². The van der Waals surface area contributed by atoms with E-state index in [0.717, 1.165) is 23.9 Å². The van der Waals surface area contributed by atoms with Crippen molar-refractivity contribution in [2.24, 2.45) is 11.7 Å². The highest BCUT2D eigenvalue weighted by molar-refractivity contribution is 5.12. The van der Waals surface area contributed by atoms with E-state index in [1.54, 1.807) is 0 Å². The summed E-state index contributed by atoms with van der Waals surface area (Å²) in [6.45, 7) is 6.44. The van der Waals surface area contributed by atoms with E-state index in [0.29, 0.717) is 6.04 Å². The Hall–Kier alpha value is -0.800. The van der Waals surface area contributed by atoms with Gasteiger partial charge in [0.05, 0.1) is 6.04 Å². The van der Waals surface area contributed by atoms with Gasteiger partial charge in [-0.15, -0.1) is 0 Å². The Morgan fingerprint density at radius 2 is 2.11 bits per heavy atom. The average molecular weight is 250 g/mol. The number of hydrogen-bond donors (Lipinski definition) is 1. The van der Waals surface area contributed by atoms with Crippen LogP contribution in [-0.4, -0.2) is 24.0 Å². The SMILES string of the molecule is CCC(N)C(c1ccc(C)o1)N(C)C(C)C1CC1.